The number of benzene rings is 1. The van der Waals surface area contributed by atoms with Crippen LogP contribution >= 0.6 is 15.9 Å². The molecule has 0 spiro atoms. The maximum atomic E-state index is 11.3. The van der Waals surface area contributed by atoms with Crippen LogP contribution in [0.3, 0.4) is 0 Å². The summed E-state index contributed by atoms with van der Waals surface area (Å²) in [5.41, 5.74) is 1.18. The first-order chi connectivity index (χ1) is 8.06. The molecular formula is C13H18BrNO2. The number of esters is 1. The minimum atomic E-state index is -0.183. The van der Waals surface area contributed by atoms with E-state index in [0.29, 0.717) is 6.54 Å². The lowest BCUT2D eigenvalue weighted by Crippen LogP contribution is -2.29. The fourth-order valence-electron chi connectivity index (χ4n) is 1.57. The number of carbonyl (C=O) groups excluding carboxylic acids is 1. The van der Waals surface area contributed by atoms with Gasteiger partial charge in [-0.05, 0) is 18.6 Å². The Kier molecular flexibility index (Phi) is 5.65. The van der Waals surface area contributed by atoms with E-state index in [4.69, 9.17) is 0 Å². The van der Waals surface area contributed by atoms with Crippen LogP contribution in [-0.2, 0) is 9.53 Å². The maximum Gasteiger partial charge on any atom is 0.309 e. The Bertz CT molecular complexity index is 381. The van der Waals surface area contributed by atoms with Gasteiger partial charge in [-0.1, -0.05) is 41.1 Å². The number of ether oxygens (including phenoxy) is 1. The Morgan fingerprint density at radius 3 is 2.65 bits per heavy atom. The van der Waals surface area contributed by atoms with Crippen molar-refractivity contribution < 1.29 is 9.53 Å². The van der Waals surface area contributed by atoms with E-state index in [-0.39, 0.29) is 17.9 Å². The molecule has 3 nitrogen and oxygen atoms in total. The van der Waals surface area contributed by atoms with Crippen molar-refractivity contribution >= 4 is 21.9 Å². The molecule has 0 aliphatic carbocycles. The van der Waals surface area contributed by atoms with Gasteiger partial charge in [-0.3, -0.25) is 4.79 Å². The lowest BCUT2D eigenvalue weighted by Gasteiger charge is -2.18. The highest BCUT2D eigenvalue weighted by Crippen LogP contribution is 2.22. The second kappa shape index (κ2) is 6.77. The molecule has 1 aromatic rings. The Morgan fingerprint density at radius 2 is 2.06 bits per heavy atom. The molecule has 0 saturated heterocycles. The van der Waals surface area contributed by atoms with E-state index in [0.717, 1.165) is 4.47 Å². The first-order valence-corrected chi connectivity index (χ1v) is 6.41. The van der Waals surface area contributed by atoms with Crippen molar-refractivity contribution in [3.05, 3.63) is 34.3 Å². The molecule has 0 heterocycles. The summed E-state index contributed by atoms with van der Waals surface area (Å²) in [4.78, 5) is 11.3. The van der Waals surface area contributed by atoms with Crippen LogP contribution in [0, 0.1) is 5.92 Å². The van der Waals surface area contributed by atoms with Gasteiger partial charge < -0.3 is 10.1 Å². The second-order valence-corrected chi connectivity index (χ2v) is 4.93. The van der Waals surface area contributed by atoms with Crippen molar-refractivity contribution in [3.8, 4) is 0 Å². The standard InChI is InChI=1S/C13H18BrNO2/c1-9(13(16)17-3)8-15-10(2)11-6-4-5-7-12(11)14/h4-7,9-10,15H,8H2,1-3H3/t9?,10-/m1/s1. The predicted octanol–water partition coefficient (Wildman–Crippen LogP) is 2.91. The van der Waals surface area contributed by atoms with E-state index < -0.39 is 0 Å². The summed E-state index contributed by atoms with van der Waals surface area (Å²) < 4.78 is 5.76. The topological polar surface area (TPSA) is 38.3 Å². The summed E-state index contributed by atoms with van der Waals surface area (Å²) in [6.07, 6.45) is 0. The molecule has 4 heteroatoms. The minimum absolute atomic E-state index is 0.134. The third-order valence-corrected chi connectivity index (χ3v) is 3.43. The van der Waals surface area contributed by atoms with Gasteiger partial charge in [0.15, 0.2) is 0 Å². The van der Waals surface area contributed by atoms with E-state index in [9.17, 15) is 4.79 Å². The predicted molar refractivity (Wildman–Crippen MR) is 71.7 cm³/mol. The van der Waals surface area contributed by atoms with Crippen LogP contribution in [0.1, 0.15) is 25.5 Å². The molecule has 94 valence electrons. The Morgan fingerprint density at radius 1 is 1.41 bits per heavy atom. The quantitative estimate of drug-likeness (QED) is 0.850. The number of carbonyl (C=O) groups is 1. The van der Waals surface area contributed by atoms with Gasteiger partial charge in [0.25, 0.3) is 0 Å². The molecule has 0 bridgehead atoms. The SMILES string of the molecule is COC(=O)C(C)CN[C@H](C)c1ccccc1Br. The van der Waals surface area contributed by atoms with Gasteiger partial charge in [0.05, 0.1) is 13.0 Å². The highest BCUT2D eigenvalue weighted by atomic mass is 79.9. The van der Waals surface area contributed by atoms with E-state index in [1.165, 1.54) is 12.7 Å². The molecule has 2 atom stereocenters. The van der Waals surface area contributed by atoms with Crippen LogP contribution in [0.25, 0.3) is 0 Å². The van der Waals surface area contributed by atoms with Gasteiger partial charge in [-0.15, -0.1) is 0 Å². The molecule has 0 aliphatic heterocycles. The van der Waals surface area contributed by atoms with E-state index in [1.807, 2.05) is 25.1 Å². The lowest BCUT2D eigenvalue weighted by molar-refractivity contribution is -0.144. The zero-order valence-electron chi connectivity index (χ0n) is 10.4. The smallest absolute Gasteiger partial charge is 0.309 e. The molecule has 1 N–H and O–H groups in total. The zero-order chi connectivity index (χ0) is 12.8. The molecule has 0 saturated carbocycles. The Labute approximate surface area is 111 Å². The summed E-state index contributed by atoms with van der Waals surface area (Å²) in [6, 6.07) is 8.25. The maximum absolute atomic E-state index is 11.3. The fourth-order valence-corrected chi connectivity index (χ4v) is 2.20. The van der Waals surface area contributed by atoms with Crippen molar-refractivity contribution in [2.75, 3.05) is 13.7 Å². The lowest BCUT2D eigenvalue weighted by atomic mass is 10.1. The summed E-state index contributed by atoms with van der Waals surface area (Å²) >= 11 is 3.51. The van der Waals surface area contributed by atoms with Crippen LogP contribution in [0.2, 0.25) is 0 Å². The van der Waals surface area contributed by atoms with Crippen LogP contribution < -0.4 is 5.32 Å². The third kappa shape index (κ3) is 4.13. The van der Waals surface area contributed by atoms with Crippen LogP contribution in [-0.4, -0.2) is 19.6 Å². The molecule has 0 aliphatic rings. The van der Waals surface area contributed by atoms with Gasteiger partial charge in [0.1, 0.15) is 0 Å². The molecule has 1 unspecified atom stereocenters. The zero-order valence-corrected chi connectivity index (χ0v) is 12.0. The number of methoxy groups -OCH3 is 1. The molecule has 1 aromatic carbocycles. The fraction of sp³-hybridized carbons (Fsp3) is 0.462. The van der Waals surface area contributed by atoms with Crippen molar-refractivity contribution in [1.29, 1.82) is 0 Å². The normalized spacial score (nSPS) is 14.1. The molecule has 0 amide bonds. The van der Waals surface area contributed by atoms with Gasteiger partial charge in [0.2, 0.25) is 0 Å². The highest BCUT2D eigenvalue weighted by molar-refractivity contribution is 9.10. The number of nitrogens with one attached hydrogen (secondary N) is 1. The summed E-state index contributed by atoms with van der Waals surface area (Å²) in [6.45, 7) is 4.53. The van der Waals surface area contributed by atoms with Crippen molar-refractivity contribution in [1.82, 2.24) is 5.32 Å². The van der Waals surface area contributed by atoms with Gasteiger partial charge >= 0.3 is 5.97 Å². The third-order valence-electron chi connectivity index (χ3n) is 2.71. The van der Waals surface area contributed by atoms with E-state index in [1.54, 1.807) is 0 Å². The second-order valence-electron chi connectivity index (χ2n) is 4.08. The van der Waals surface area contributed by atoms with Crippen molar-refractivity contribution in [3.63, 3.8) is 0 Å². The number of hydrogen-bond acceptors (Lipinski definition) is 3. The average Bonchev–Trinajstić information content (AvgIpc) is 2.35. The average molecular weight is 300 g/mol. The van der Waals surface area contributed by atoms with E-state index >= 15 is 0 Å². The minimum Gasteiger partial charge on any atom is -0.469 e. The largest absolute Gasteiger partial charge is 0.469 e. The van der Waals surface area contributed by atoms with Gasteiger partial charge in [-0.25, -0.2) is 0 Å². The molecule has 0 radical (unpaired) electrons. The summed E-state index contributed by atoms with van der Waals surface area (Å²) in [5.74, 6) is -0.318. The van der Waals surface area contributed by atoms with Crippen molar-refractivity contribution in [2.45, 2.75) is 19.9 Å². The number of halogens is 1. The molecule has 1 rings (SSSR count). The van der Waals surface area contributed by atoms with Crippen LogP contribution in [0.15, 0.2) is 28.7 Å². The molecule has 0 aromatic heterocycles. The summed E-state index contributed by atoms with van der Waals surface area (Å²) in [7, 11) is 1.41. The highest BCUT2D eigenvalue weighted by Gasteiger charge is 2.15. The molecule has 17 heavy (non-hydrogen) atoms. The van der Waals surface area contributed by atoms with Crippen LogP contribution in [0.4, 0.5) is 0 Å². The van der Waals surface area contributed by atoms with Gasteiger partial charge in [0, 0.05) is 17.1 Å². The number of hydrogen-bond donors (Lipinski definition) is 1. The molecule has 0 fully saturated rings. The Balaban J connectivity index is 2.53. The monoisotopic (exact) mass is 299 g/mol. The first-order valence-electron chi connectivity index (χ1n) is 5.62. The van der Waals surface area contributed by atoms with Gasteiger partial charge in [-0.2, -0.15) is 0 Å². The molecular weight excluding hydrogens is 282 g/mol. The summed E-state index contributed by atoms with van der Waals surface area (Å²) in [5, 5.41) is 3.32. The van der Waals surface area contributed by atoms with Crippen molar-refractivity contribution in [2.24, 2.45) is 5.92 Å². The van der Waals surface area contributed by atoms with Crippen LogP contribution in [0.5, 0.6) is 0 Å². The van der Waals surface area contributed by atoms with E-state index in [2.05, 4.69) is 39.0 Å². The number of rotatable bonds is 5. The Hall–Kier alpha value is -0.870. The first kappa shape index (κ1) is 14.2.